The number of amides is 4. The molecule has 15 heteroatoms. The van der Waals surface area contributed by atoms with Crippen molar-refractivity contribution >= 4 is 60.0 Å². The molecule has 0 aromatic carbocycles. The summed E-state index contributed by atoms with van der Waals surface area (Å²) in [5, 5.41) is 24.9. The lowest BCUT2D eigenvalue weighted by Crippen LogP contribution is -2.58. The smallest absolute Gasteiger partial charge is 0.326 e. The van der Waals surface area contributed by atoms with Gasteiger partial charge < -0.3 is 37.6 Å². The Kier molecular flexibility index (Phi) is 14.1. The molecule has 0 heterocycles. The number of primary amides is 1. The van der Waals surface area contributed by atoms with Crippen LogP contribution in [-0.2, 0) is 28.8 Å². The van der Waals surface area contributed by atoms with Crippen molar-refractivity contribution in [3.05, 3.63) is 0 Å². The number of hydrogen-bond donors (Lipinski definition) is 8. The van der Waals surface area contributed by atoms with E-state index in [1.807, 2.05) is 6.26 Å². The van der Waals surface area contributed by atoms with Gasteiger partial charge in [0.15, 0.2) is 0 Å². The van der Waals surface area contributed by atoms with Crippen LogP contribution < -0.4 is 27.4 Å². The number of thioether (sulfide) groups is 1. The predicted octanol–water partition coefficient (Wildman–Crippen LogP) is -2.72. The number of rotatable bonds is 16. The largest absolute Gasteiger partial charge is 0.481 e. The summed E-state index contributed by atoms with van der Waals surface area (Å²) in [5.74, 6) is -5.89. The van der Waals surface area contributed by atoms with Gasteiger partial charge in [0.1, 0.15) is 18.1 Å². The maximum Gasteiger partial charge on any atom is 0.326 e. The molecule has 32 heavy (non-hydrogen) atoms. The fourth-order valence-corrected chi connectivity index (χ4v) is 3.07. The van der Waals surface area contributed by atoms with Crippen LogP contribution in [0.3, 0.4) is 0 Å². The van der Waals surface area contributed by atoms with Gasteiger partial charge in [-0.15, -0.1) is 0 Å². The molecule has 0 aliphatic heterocycles. The summed E-state index contributed by atoms with van der Waals surface area (Å²) in [7, 11) is 0. The van der Waals surface area contributed by atoms with Crippen LogP contribution in [0.25, 0.3) is 0 Å². The van der Waals surface area contributed by atoms with E-state index in [1.54, 1.807) is 0 Å². The Morgan fingerprint density at radius 3 is 1.91 bits per heavy atom. The molecule has 0 saturated carbocycles. The highest BCUT2D eigenvalue weighted by Crippen LogP contribution is 2.03. The van der Waals surface area contributed by atoms with Gasteiger partial charge in [0, 0.05) is 12.2 Å². The van der Waals surface area contributed by atoms with Crippen LogP contribution in [0.15, 0.2) is 0 Å². The average molecular weight is 496 g/mol. The Balaban J connectivity index is 5.21. The molecule has 0 rings (SSSR count). The van der Waals surface area contributed by atoms with Crippen LogP contribution >= 0.6 is 24.4 Å². The first-order valence-corrected chi connectivity index (χ1v) is 11.4. The van der Waals surface area contributed by atoms with Crippen molar-refractivity contribution in [3.8, 4) is 0 Å². The van der Waals surface area contributed by atoms with Crippen LogP contribution in [0.5, 0.6) is 0 Å². The molecular weight excluding hydrogens is 466 g/mol. The van der Waals surface area contributed by atoms with Gasteiger partial charge in [0.25, 0.3) is 0 Å². The normalized spacial score (nSPS) is 14.3. The first kappa shape index (κ1) is 29.5. The van der Waals surface area contributed by atoms with Gasteiger partial charge in [0.05, 0.1) is 12.5 Å². The summed E-state index contributed by atoms with van der Waals surface area (Å²) >= 11 is 5.40. The number of nitrogens with two attached hydrogens (primary N) is 2. The van der Waals surface area contributed by atoms with Crippen molar-refractivity contribution in [1.29, 1.82) is 0 Å². The maximum absolute atomic E-state index is 12.5. The van der Waals surface area contributed by atoms with Crippen molar-refractivity contribution < 1.29 is 39.0 Å². The van der Waals surface area contributed by atoms with E-state index in [-0.39, 0.29) is 18.6 Å². The molecular formula is C17H29N5O8S2. The lowest BCUT2D eigenvalue weighted by molar-refractivity contribution is -0.143. The third kappa shape index (κ3) is 11.8. The number of carbonyl (C=O) groups is 6. The van der Waals surface area contributed by atoms with Crippen LogP contribution in [0.4, 0.5) is 0 Å². The fraction of sp³-hybridized carbons (Fsp3) is 0.647. The minimum atomic E-state index is -1.53. The fourth-order valence-electron chi connectivity index (χ4n) is 2.32. The first-order valence-electron chi connectivity index (χ1n) is 9.42. The van der Waals surface area contributed by atoms with Crippen LogP contribution in [0.1, 0.15) is 25.7 Å². The average Bonchev–Trinajstić information content (AvgIpc) is 2.71. The summed E-state index contributed by atoms with van der Waals surface area (Å²) in [6.45, 7) is 0. The van der Waals surface area contributed by atoms with E-state index in [0.717, 1.165) is 0 Å². The SMILES string of the molecule is CSCCC(N)C(=O)NC(CC(=O)O)C(=O)NC(CS)C(=O)NC(CCC(N)=O)C(=O)O. The van der Waals surface area contributed by atoms with E-state index in [2.05, 4.69) is 28.6 Å². The van der Waals surface area contributed by atoms with E-state index < -0.39 is 66.2 Å². The highest BCUT2D eigenvalue weighted by molar-refractivity contribution is 7.98. The number of hydrogen-bond acceptors (Lipinski definition) is 9. The molecule has 0 aromatic heterocycles. The second-order valence-electron chi connectivity index (χ2n) is 6.70. The summed E-state index contributed by atoms with van der Waals surface area (Å²) in [6.07, 6.45) is 0.784. The van der Waals surface area contributed by atoms with Gasteiger partial charge >= 0.3 is 11.9 Å². The Hall–Kier alpha value is -2.52. The zero-order valence-electron chi connectivity index (χ0n) is 17.4. The van der Waals surface area contributed by atoms with Crippen LogP contribution in [-0.4, -0.2) is 87.7 Å². The van der Waals surface area contributed by atoms with Gasteiger partial charge in [-0.1, -0.05) is 0 Å². The molecule has 4 amide bonds. The van der Waals surface area contributed by atoms with Crippen molar-refractivity contribution in [1.82, 2.24) is 16.0 Å². The van der Waals surface area contributed by atoms with E-state index in [0.29, 0.717) is 12.2 Å². The molecule has 0 radical (unpaired) electrons. The van der Waals surface area contributed by atoms with Crippen LogP contribution in [0, 0.1) is 0 Å². The van der Waals surface area contributed by atoms with Crippen LogP contribution in [0.2, 0.25) is 0 Å². The minimum absolute atomic E-state index is 0.263. The molecule has 9 N–H and O–H groups in total. The zero-order chi connectivity index (χ0) is 24.8. The molecule has 0 spiro atoms. The predicted molar refractivity (Wildman–Crippen MR) is 119 cm³/mol. The van der Waals surface area contributed by atoms with E-state index in [1.165, 1.54) is 11.8 Å². The second kappa shape index (κ2) is 15.3. The van der Waals surface area contributed by atoms with Crippen molar-refractivity contribution in [2.45, 2.75) is 49.9 Å². The topological polar surface area (TPSA) is 231 Å². The second-order valence-corrected chi connectivity index (χ2v) is 8.05. The molecule has 0 aliphatic carbocycles. The quantitative estimate of drug-likeness (QED) is 0.103. The zero-order valence-corrected chi connectivity index (χ0v) is 19.1. The van der Waals surface area contributed by atoms with E-state index >= 15 is 0 Å². The van der Waals surface area contributed by atoms with Gasteiger partial charge in [-0.3, -0.25) is 24.0 Å². The number of thiol groups is 1. The lowest BCUT2D eigenvalue weighted by atomic mass is 10.1. The highest BCUT2D eigenvalue weighted by atomic mass is 32.2. The number of nitrogens with one attached hydrogen (secondary N) is 3. The Labute approximate surface area is 194 Å². The summed E-state index contributed by atoms with van der Waals surface area (Å²) in [6, 6.07) is -5.28. The number of carbonyl (C=O) groups excluding carboxylic acids is 4. The lowest BCUT2D eigenvalue weighted by Gasteiger charge is -2.23. The van der Waals surface area contributed by atoms with Gasteiger partial charge in [-0.05, 0) is 24.9 Å². The molecule has 4 unspecified atom stereocenters. The third-order valence-electron chi connectivity index (χ3n) is 4.09. The first-order chi connectivity index (χ1) is 14.9. The summed E-state index contributed by atoms with van der Waals surface area (Å²) in [4.78, 5) is 70.3. The maximum atomic E-state index is 12.5. The monoisotopic (exact) mass is 495 g/mol. The van der Waals surface area contributed by atoms with Crippen molar-refractivity contribution in [2.75, 3.05) is 17.8 Å². The Morgan fingerprint density at radius 2 is 1.44 bits per heavy atom. The van der Waals surface area contributed by atoms with Crippen molar-refractivity contribution in [3.63, 3.8) is 0 Å². The molecule has 0 fully saturated rings. The summed E-state index contributed by atoms with van der Waals surface area (Å²) in [5.41, 5.74) is 10.7. The minimum Gasteiger partial charge on any atom is -0.481 e. The molecule has 0 aromatic rings. The molecule has 4 atom stereocenters. The Bertz CT molecular complexity index is 708. The van der Waals surface area contributed by atoms with Gasteiger partial charge in [0.2, 0.25) is 23.6 Å². The molecule has 0 aliphatic rings. The number of aliphatic carboxylic acids is 2. The van der Waals surface area contributed by atoms with Gasteiger partial charge in [-0.2, -0.15) is 24.4 Å². The van der Waals surface area contributed by atoms with E-state index in [9.17, 15) is 33.9 Å². The third-order valence-corrected chi connectivity index (χ3v) is 5.10. The number of carboxylic acid groups (broad SMARTS) is 2. The van der Waals surface area contributed by atoms with Gasteiger partial charge in [-0.25, -0.2) is 4.79 Å². The van der Waals surface area contributed by atoms with Crippen molar-refractivity contribution in [2.24, 2.45) is 11.5 Å². The molecule has 0 saturated heterocycles. The number of carboxylic acids is 2. The highest BCUT2D eigenvalue weighted by Gasteiger charge is 2.31. The molecule has 182 valence electrons. The standard InChI is InChI=1S/C17H29N5O8S2/c1-32-5-4-8(18)14(26)21-10(6-13(24)25)15(27)22-11(7-31)16(28)20-9(17(29)30)2-3-12(19)23/h8-11,31H,2-7,18H2,1H3,(H2,19,23)(H,20,28)(H,21,26)(H,22,27)(H,24,25)(H,29,30). The van der Waals surface area contributed by atoms with E-state index in [4.69, 9.17) is 16.6 Å². The molecule has 13 nitrogen and oxygen atoms in total. The Morgan fingerprint density at radius 1 is 0.906 bits per heavy atom. The summed E-state index contributed by atoms with van der Waals surface area (Å²) < 4.78 is 0. The molecule has 0 bridgehead atoms.